The summed E-state index contributed by atoms with van der Waals surface area (Å²) in [6.07, 6.45) is 0. The van der Waals surface area contributed by atoms with Gasteiger partial charge in [0.05, 0.1) is 27.9 Å². The molecule has 0 aliphatic carbocycles. The summed E-state index contributed by atoms with van der Waals surface area (Å²) in [7, 11) is 4.76. The van der Waals surface area contributed by atoms with Gasteiger partial charge in [-0.2, -0.15) is 0 Å². The van der Waals surface area contributed by atoms with Gasteiger partial charge in [0.2, 0.25) is 5.75 Å². The largest absolute Gasteiger partial charge is 0.493 e. The molecule has 0 bridgehead atoms. The Hall–Kier alpha value is -1.17. The molecule has 0 saturated heterocycles. The van der Waals surface area contributed by atoms with Gasteiger partial charge in [0, 0.05) is 17.6 Å². The maximum absolute atomic E-state index is 9.24. The van der Waals surface area contributed by atoms with Gasteiger partial charge in [-0.1, -0.05) is 6.07 Å². The molecule has 1 rings (SSSR count). The van der Waals surface area contributed by atoms with Crippen LogP contribution >= 0.6 is 12.4 Å². The molecule has 0 spiro atoms. The van der Waals surface area contributed by atoms with Crippen LogP contribution in [-0.4, -0.2) is 38.6 Å². The molecule has 0 unspecified atom stereocenters. The molecular formula is C14H24ClNO4. The van der Waals surface area contributed by atoms with Crippen molar-refractivity contribution in [3.63, 3.8) is 0 Å². The Morgan fingerprint density at radius 2 is 1.65 bits per heavy atom. The third kappa shape index (κ3) is 4.44. The molecule has 6 heteroatoms. The molecule has 116 valence electrons. The highest BCUT2D eigenvalue weighted by atomic mass is 35.5. The maximum atomic E-state index is 9.24. The van der Waals surface area contributed by atoms with Crippen molar-refractivity contribution < 1.29 is 19.3 Å². The van der Waals surface area contributed by atoms with Crippen LogP contribution in [0.25, 0.3) is 0 Å². The summed E-state index contributed by atoms with van der Waals surface area (Å²) in [4.78, 5) is 0. The summed E-state index contributed by atoms with van der Waals surface area (Å²) < 4.78 is 16.0. The van der Waals surface area contributed by atoms with Crippen LogP contribution in [0.3, 0.4) is 0 Å². The van der Waals surface area contributed by atoms with Crippen LogP contribution in [0.4, 0.5) is 0 Å². The lowest BCUT2D eigenvalue weighted by molar-refractivity contribution is 0.187. The first-order chi connectivity index (χ1) is 8.99. The molecule has 0 radical (unpaired) electrons. The van der Waals surface area contributed by atoms with Crippen molar-refractivity contribution in [1.82, 2.24) is 5.32 Å². The second-order valence-electron chi connectivity index (χ2n) is 4.89. The van der Waals surface area contributed by atoms with Crippen LogP contribution in [0.1, 0.15) is 19.4 Å². The predicted octanol–water partition coefficient (Wildman–Crippen LogP) is 1.99. The van der Waals surface area contributed by atoms with Gasteiger partial charge in [0.15, 0.2) is 11.5 Å². The molecule has 1 aromatic carbocycles. The van der Waals surface area contributed by atoms with Crippen LogP contribution in [0.2, 0.25) is 0 Å². The van der Waals surface area contributed by atoms with E-state index in [4.69, 9.17) is 14.2 Å². The Labute approximate surface area is 126 Å². The van der Waals surface area contributed by atoms with E-state index in [9.17, 15) is 5.11 Å². The molecule has 2 N–H and O–H groups in total. The zero-order chi connectivity index (χ0) is 14.5. The van der Waals surface area contributed by atoms with Gasteiger partial charge in [-0.15, -0.1) is 12.4 Å². The Balaban J connectivity index is 0.00000361. The summed E-state index contributed by atoms with van der Waals surface area (Å²) in [6, 6.07) is 3.75. The highest BCUT2D eigenvalue weighted by molar-refractivity contribution is 5.85. The molecule has 20 heavy (non-hydrogen) atoms. The fraction of sp³-hybridized carbons (Fsp3) is 0.571. The Bertz CT molecular complexity index is 424. The van der Waals surface area contributed by atoms with Crippen molar-refractivity contribution in [2.75, 3.05) is 27.9 Å². The van der Waals surface area contributed by atoms with Crippen LogP contribution in [0, 0.1) is 0 Å². The zero-order valence-electron chi connectivity index (χ0n) is 12.6. The van der Waals surface area contributed by atoms with E-state index < -0.39 is 0 Å². The molecule has 0 fully saturated rings. The van der Waals surface area contributed by atoms with Crippen molar-refractivity contribution in [3.8, 4) is 17.2 Å². The average Bonchev–Trinajstić information content (AvgIpc) is 2.43. The lowest BCUT2D eigenvalue weighted by Gasteiger charge is -2.24. The van der Waals surface area contributed by atoms with Crippen LogP contribution in [-0.2, 0) is 6.54 Å². The Kier molecular flexibility index (Phi) is 7.71. The summed E-state index contributed by atoms with van der Waals surface area (Å²) in [5.41, 5.74) is 0.597. The van der Waals surface area contributed by atoms with Gasteiger partial charge in [0.25, 0.3) is 0 Å². The van der Waals surface area contributed by atoms with E-state index in [0.29, 0.717) is 23.8 Å². The Morgan fingerprint density at radius 1 is 1.05 bits per heavy atom. The maximum Gasteiger partial charge on any atom is 0.203 e. The smallest absolute Gasteiger partial charge is 0.203 e. The minimum absolute atomic E-state index is 0. The number of hydrogen-bond acceptors (Lipinski definition) is 5. The van der Waals surface area contributed by atoms with Gasteiger partial charge in [-0.25, -0.2) is 0 Å². The van der Waals surface area contributed by atoms with Gasteiger partial charge < -0.3 is 24.6 Å². The molecule has 0 aliphatic rings. The number of halogens is 1. The highest BCUT2D eigenvalue weighted by Gasteiger charge is 2.19. The summed E-state index contributed by atoms with van der Waals surface area (Å²) in [6.45, 7) is 4.49. The van der Waals surface area contributed by atoms with E-state index in [1.807, 2.05) is 26.0 Å². The summed E-state index contributed by atoms with van der Waals surface area (Å²) in [5.74, 6) is 1.85. The number of aliphatic hydroxyl groups is 1. The standard InChI is InChI=1S/C14H23NO4.ClH/c1-14(2,9-16)15-8-10-6-7-11(17-3)13(19-5)12(10)18-4;/h6-7,15-16H,8-9H2,1-5H3;1H. The lowest BCUT2D eigenvalue weighted by atomic mass is 10.1. The minimum atomic E-state index is -0.349. The number of methoxy groups -OCH3 is 3. The van der Waals surface area contributed by atoms with Crippen molar-refractivity contribution in [1.29, 1.82) is 0 Å². The molecule has 0 atom stereocenters. The fourth-order valence-electron chi connectivity index (χ4n) is 1.69. The lowest BCUT2D eigenvalue weighted by Crippen LogP contribution is -2.42. The van der Waals surface area contributed by atoms with Crippen LogP contribution in [0.5, 0.6) is 17.2 Å². The van der Waals surface area contributed by atoms with E-state index in [1.54, 1.807) is 21.3 Å². The summed E-state index contributed by atoms with van der Waals surface area (Å²) in [5, 5.41) is 12.5. The van der Waals surface area contributed by atoms with Crippen molar-refractivity contribution in [2.45, 2.75) is 25.9 Å². The van der Waals surface area contributed by atoms with Gasteiger partial charge in [0.1, 0.15) is 0 Å². The molecule has 0 amide bonds. The number of benzene rings is 1. The molecule has 0 aromatic heterocycles. The second kappa shape index (κ2) is 8.19. The number of rotatable bonds is 7. The second-order valence-corrected chi connectivity index (χ2v) is 4.89. The zero-order valence-corrected chi connectivity index (χ0v) is 13.5. The summed E-state index contributed by atoms with van der Waals surface area (Å²) >= 11 is 0. The first-order valence-electron chi connectivity index (χ1n) is 6.12. The highest BCUT2D eigenvalue weighted by Crippen LogP contribution is 2.39. The SMILES string of the molecule is COc1ccc(CNC(C)(C)CO)c(OC)c1OC.Cl. The van der Waals surface area contributed by atoms with Crippen LogP contribution < -0.4 is 19.5 Å². The van der Waals surface area contributed by atoms with Gasteiger partial charge in [-0.05, 0) is 19.9 Å². The molecule has 0 heterocycles. The molecule has 0 aliphatic heterocycles. The number of aliphatic hydroxyl groups excluding tert-OH is 1. The fourth-order valence-corrected chi connectivity index (χ4v) is 1.69. The Morgan fingerprint density at radius 3 is 2.10 bits per heavy atom. The van der Waals surface area contributed by atoms with E-state index in [0.717, 1.165) is 5.56 Å². The quantitative estimate of drug-likeness (QED) is 0.807. The van der Waals surface area contributed by atoms with E-state index >= 15 is 0 Å². The number of nitrogens with one attached hydrogen (secondary N) is 1. The minimum Gasteiger partial charge on any atom is -0.493 e. The molecule has 0 saturated carbocycles. The average molecular weight is 306 g/mol. The number of hydrogen-bond donors (Lipinski definition) is 2. The molecular weight excluding hydrogens is 282 g/mol. The molecule has 5 nitrogen and oxygen atoms in total. The first kappa shape index (κ1) is 18.8. The van der Waals surface area contributed by atoms with E-state index in [1.165, 1.54) is 0 Å². The van der Waals surface area contributed by atoms with Crippen molar-refractivity contribution in [2.24, 2.45) is 0 Å². The number of ether oxygens (including phenoxy) is 3. The van der Waals surface area contributed by atoms with Crippen molar-refractivity contribution in [3.05, 3.63) is 17.7 Å². The predicted molar refractivity (Wildman–Crippen MR) is 81.4 cm³/mol. The van der Waals surface area contributed by atoms with Crippen LogP contribution in [0.15, 0.2) is 12.1 Å². The third-order valence-electron chi connectivity index (χ3n) is 2.94. The van der Waals surface area contributed by atoms with Gasteiger partial charge >= 0.3 is 0 Å². The first-order valence-corrected chi connectivity index (χ1v) is 6.12. The third-order valence-corrected chi connectivity index (χ3v) is 2.94. The normalized spacial score (nSPS) is 10.7. The van der Waals surface area contributed by atoms with Crippen molar-refractivity contribution >= 4 is 12.4 Å². The van der Waals surface area contributed by atoms with Gasteiger partial charge in [-0.3, -0.25) is 0 Å². The monoisotopic (exact) mass is 305 g/mol. The van der Waals surface area contributed by atoms with E-state index in [-0.39, 0.29) is 24.6 Å². The van der Waals surface area contributed by atoms with E-state index in [2.05, 4.69) is 5.32 Å². The topological polar surface area (TPSA) is 60.0 Å². The molecule has 1 aromatic rings.